The number of anilines is 2. The second-order valence-corrected chi connectivity index (χ2v) is 11.3. The molecule has 1 aromatic heterocycles. The quantitative estimate of drug-likeness (QED) is 0.369. The average Bonchev–Trinajstić information content (AvgIpc) is 2.84. The molecule has 0 radical (unpaired) electrons. The minimum atomic E-state index is -3.45. The van der Waals surface area contributed by atoms with Crippen LogP contribution in [0.5, 0.6) is 0 Å². The molecular weight excluding hydrogens is 460 g/mol. The first-order valence-corrected chi connectivity index (χ1v) is 13.8. The van der Waals surface area contributed by atoms with Gasteiger partial charge in [-0.05, 0) is 69.3 Å². The van der Waals surface area contributed by atoms with E-state index in [4.69, 9.17) is 9.97 Å². The zero-order chi connectivity index (χ0) is 24.8. The summed E-state index contributed by atoms with van der Waals surface area (Å²) in [5, 5.41) is 8.02. The van der Waals surface area contributed by atoms with Gasteiger partial charge in [-0.25, -0.2) is 18.1 Å². The van der Waals surface area contributed by atoms with E-state index in [1.165, 1.54) is 0 Å². The van der Waals surface area contributed by atoms with Crippen LogP contribution in [0.25, 0.3) is 10.9 Å². The van der Waals surface area contributed by atoms with Gasteiger partial charge in [0.15, 0.2) is 0 Å². The first kappa shape index (κ1) is 25.3. The molecule has 1 heterocycles. The van der Waals surface area contributed by atoms with E-state index in [1.807, 2.05) is 56.3 Å². The lowest BCUT2D eigenvalue weighted by Crippen LogP contribution is -2.36. The van der Waals surface area contributed by atoms with Crippen molar-refractivity contribution < 1.29 is 8.42 Å². The third-order valence-electron chi connectivity index (χ3n) is 6.54. The third-order valence-corrected chi connectivity index (χ3v) is 8.02. The highest BCUT2D eigenvalue weighted by Gasteiger charge is 2.22. The van der Waals surface area contributed by atoms with E-state index in [1.54, 1.807) is 12.1 Å². The Kier molecular flexibility index (Phi) is 8.20. The Morgan fingerprint density at radius 3 is 2.37 bits per heavy atom. The van der Waals surface area contributed by atoms with Crippen molar-refractivity contribution in [3.63, 3.8) is 0 Å². The zero-order valence-corrected chi connectivity index (χ0v) is 21.6. The van der Waals surface area contributed by atoms with E-state index in [2.05, 4.69) is 21.4 Å². The maximum absolute atomic E-state index is 12.4. The topological polar surface area (TPSA) is 99.2 Å². The lowest BCUT2D eigenvalue weighted by Gasteiger charge is -2.29. The van der Waals surface area contributed by atoms with E-state index in [9.17, 15) is 8.42 Å². The highest BCUT2D eigenvalue weighted by atomic mass is 32.2. The van der Waals surface area contributed by atoms with Crippen LogP contribution in [0.2, 0.25) is 0 Å². The van der Waals surface area contributed by atoms with Crippen molar-refractivity contribution >= 4 is 32.7 Å². The number of hydrogen-bond acceptors (Lipinski definition) is 7. The molecule has 3 aromatic rings. The number of hydrogen-bond donors (Lipinski definition) is 3. The molecule has 2 aromatic carbocycles. The molecule has 1 saturated carbocycles. The molecule has 1 aliphatic carbocycles. The molecule has 188 valence electrons. The number of aromatic nitrogens is 2. The monoisotopic (exact) mass is 496 g/mol. The molecule has 35 heavy (non-hydrogen) atoms. The number of sulfonamides is 1. The van der Waals surface area contributed by atoms with Crippen LogP contribution in [0, 0.1) is 12.8 Å². The van der Waals surface area contributed by atoms with Crippen molar-refractivity contribution in [3.05, 3.63) is 54.1 Å². The van der Waals surface area contributed by atoms with Crippen LogP contribution in [-0.4, -0.2) is 58.2 Å². The number of para-hydroxylation sites is 1. The van der Waals surface area contributed by atoms with Crippen molar-refractivity contribution in [1.29, 1.82) is 0 Å². The van der Waals surface area contributed by atoms with Crippen LogP contribution in [0.3, 0.4) is 0 Å². The predicted octanol–water partition coefficient (Wildman–Crippen LogP) is 3.54. The molecule has 0 unspecified atom stereocenters. The Bertz CT molecular complexity index is 1220. The smallest absolute Gasteiger partial charge is 0.240 e. The molecule has 0 saturated heterocycles. The number of aryl methyl sites for hydroxylation is 1. The summed E-state index contributed by atoms with van der Waals surface area (Å²) < 4.78 is 27.4. The number of nitrogens with one attached hydrogen (secondary N) is 3. The average molecular weight is 497 g/mol. The Morgan fingerprint density at radius 2 is 1.66 bits per heavy atom. The van der Waals surface area contributed by atoms with Gasteiger partial charge in [-0.1, -0.05) is 29.8 Å². The standard InChI is InChI=1S/C26H36N6O2S/c1-19-8-14-22(15-9-19)35(33,34)28-17-16-27-18-20-10-12-21(13-11-20)29-26-30-24-7-5-4-6-23(24)25(31-26)32(2)3/h4-9,14-15,20-21,27-28H,10-13,16-18H2,1-3H3,(H,29,30,31)/t20-,21+. The molecule has 9 heteroatoms. The van der Waals surface area contributed by atoms with E-state index in [0.29, 0.717) is 35.9 Å². The molecule has 1 fully saturated rings. The SMILES string of the molecule is Cc1ccc(S(=O)(=O)NCCNC[C@H]2CC[C@@H](Nc3nc(N(C)C)c4ccccc4n3)CC2)cc1. The summed E-state index contributed by atoms with van der Waals surface area (Å²) in [4.78, 5) is 11.8. The molecule has 4 rings (SSSR count). The van der Waals surface area contributed by atoms with Gasteiger partial charge in [0.1, 0.15) is 5.82 Å². The first-order chi connectivity index (χ1) is 16.8. The number of rotatable bonds is 10. The van der Waals surface area contributed by atoms with Gasteiger partial charge in [0.05, 0.1) is 10.4 Å². The van der Waals surface area contributed by atoms with Gasteiger partial charge in [-0.15, -0.1) is 0 Å². The minimum absolute atomic E-state index is 0.307. The normalized spacial score (nSPS) is 18.5. The van der Waals surface area contributed by atoms with Crippen molar-refractivity contribution in [2.45, 2.75) is 43.5 Å². The summed E-state index contributed by atoms with van der Waals surface area (Å²) in [6, 6.07) is 15.4. The maximum Gasteiger partial charge on any atom is 0.240 e. The summed E-state index contributed by atoms with van der Waals surface area (Å²) in [5.41, 5.74) is 1.99. The fourth-order valence-electron chi connectivity index (χ4n) is 4.54. The highest BCUT2D eigenvalue weighted by molar-refractivity contribution is 7.89. The largest absolute Gasteiger partial charge is 0.362 e. The fourth-order valence-corrected chi connectivity index (χ4v) is 5.57. The number of fused-ring (bicyclic) bond motifs is 1. The highest BCUT2D eigenvalue weighted by Crippen LogP contribution is 2.28. The van der Waals surface area contributed by atoms with Crippen molar-refractivity contribution in [2.75, 3.05) is 43.9 Å². The van der Waals surface area contributed by atoms with E-state index in [0.717, 1.165) is 54.5 Å². The Labute approximate surface area is 208 Å². The minimum Gasteiger partial charge on any atom is -0.362 e. The van der Waals surface area contributed by atoms with Crippen LogP contribution >= 0.6 is 0 Å². The lowest BCUT2D eigenvalue weighted by molar-refractivity contribution is 0.325. The molecule has 0 bridgehead atoms. The Morgan fingerprint density at radius 1 is 0.943 bits per heavy atom. The van der Waals surface area contributed by atoms with Crippen LogP contribution in [0.4, 0.5) is 11.8 Å². The molecule has 3 N–H and O–H groups in total. The number of nitrogens with zero attached hydrogens (tertiary/aromatic N) is 3. The van der Waals surface area contributed by atoms with Gasteiger partial charge in [0.25, 0.3) is 0 Å². The van der Waals surface area contributed by atoms with Crippen LogP contribution < -0.4 is 20.3 Å². The summed E-state index contributed by atoms with van der Waals surface area (Å²) in [6.07, 6.45) is 4.38. The molecule has 0 amide bonds. The Hall–Kier alpha value is -2.75. The Balaban J connectivity index is 1.19. The van der Waals surface area contributed by atoms with Gasteiger partial charge < -0.3 is 15.5 Å². The second kappa shape index (κ2) is 11.3. The maximum atomic E-state index is 12.4. The van der Waals surface area contributed by atoms with E-state index in [-0.39, 0.29) is 0 Å². The van der Waals surface area contributed by atoms with Crippen molar-refractivity contribution in [1.82, 2.24) is 20.0 Å². The van der Waals surface area contributed by atoms with Gasteiger partial charge in [0.2, 0.25) is 16.0 Å². The van der Waals surface area contributed by atoms with Gasteiger partial charge in [0, 0.05) is 38.6 Å². The number of benzene rings is 2. The first-order valence-electron chi connectivity index (χ1n) is 12.3. The molecule has 0 spiro atoms. The van der Waals surface area contributed by atoms with Crippen LogP contribution in [-0.2, 0) is 10.0 Å². The third kappa shape index (κ3) is 6.68. The van der Waals surface area contributed by atoms with Crippen LogP contribution in [0.1, 0.15) is 31.2 Å². The summed E-state index contributed by atoms with van der Waals surface area (Å²) in [6.45, 7) is 3.83. The summed E-state index contributed by atoms with van der Waals surface area (Å²) in [7, 11) is 0.553. The predicted molar refractivity (Wildman–Crippen MR) is 142 cm³/mol. The second-order valence-electron chi connectivity index (χ2n) is 9.56. The van der Waals surface area contributed by atoms with E-state index >= 15 is 0 Å². The zero-order valence-electron chi connectivity index (χ0n) is 20.8. The summed E-state index contributed by atoms with van der Waals surface area (Å²) >= 11 is 0. The van der Waals surface area contributed by atoms with Crippen molar-refractivity contribution in [3.8, 4) is 0 Å². The molecular formula is C26H36N6O2S. The van der Waals surface area contributed by atoms with Gasteiger partial charge in [-0.2, -0.15) is 4.98 Å². The molecule has 0 aliphatic heterocycles. The van der Waals surface area contributed by atoms with E-state index < -0.39 is 10.0 Å². The van der Waals surface area contributed by atoms with Crippen LogP contribution in [0.15, 0.2) is 53.4 Å². The van der Waals surface area contributed by atoms with Crippen molar-refractivity contribution in [2.24, 2.45) is 5.92 Å². The molecule has 0 atom stereocenters. The van der Waals surface area contributed by atoms with Gasteiger partial charge in [-0.3, -0.25) is 0 Å². The summed E-state index contributed by atoms with van der Waals surface area (Å²) in [5.74, 6) is 2.21. The molecule has 1 aliphatic rings. The molecule has 8 nitrogen and oxygen atoms in total. The lowest BCUT2D eigenvalue weighted by atomic mass is 9.86. The fraction of sp³-hybridized carbons (Fsp3) is 0.462. The van der Waals surface area contributed by atoms with Gasteiger partial charge >= 0.3 is 0 Å².